The lowest BCUT2D eigenvalue weighted by Gasteiger charge is -2.17. The number of methoxy groups -OCH3 is 1. The summed E-state index contributed by atoms with van der Waals surface area (Å²) in [5.74, 6) is 0.781. The van der Waals surface area contributed by atoms with Crippen LogP contribution in [0, 0.1) is 0 Å². The molecule has 0 bridgehead atoms. The summed E-state index contributed by atoms with van der Waals surface area (Å²) in [5.41, 5.74) is 1.64. The van der Waals surface area contributed by atoms with Crippen molar-refractivity contribution in [3.63, 3.8) is 0 Å². The number of aromatic nitrogens is 1. The quantitative estimate of drug-likeness (QED) is 0.673. The van der Waals surface area contributed by atoms with Crippen molar-refractivity contribution in [1.29, 1.82) is 0 Å². The molecule has 24 heavy (non-hydrogen) atoms. The fourth-order valence-electron chi connectivity index (χ4n) is 2.59. The van der Waals surface area contributed by atoms with Gasteiger partial charge in [0.25, 0.3) is 5.91 Å². The van der Waals surface area contributed by atoms with E-state index in [4.69, 9.17) is 4.74 Å². The molecule has 0 radical (unpaired) electrons. The maximum absolute atomic E-state index is 12.5. The topological polar surface area (TPSA) is 42.4 Å². The molecule has 0 aliphatic rings. The molecular weight excluding hydrogens is 368 g/mol. The summed E-state index contributed by atoms with van der Waals surface area (Å²) >= 11 is 3.34. The molecule has 0 atom stereocenters. The van der Waals surface area contributed by atoms with Crippen LogP contribution in [0.3, 0.4) is 0 Å². The van der Waals surface area contributed by atoms with Gasteiger partial charge < -0.3 is 9.64 Å². The van der Waals surface area contributed by atoms with Crippen LogP contribution >= 0.6 is 15.9 Å². The minimum absolute atomic E-state index is 0.0568. The lowest BCUT2D eigenvalue weighted by Crippen LogP contribution is -2.26. The second-order valence-corrected chi connectivity index (χ2v) is 6.52. The highest BCUT2D eigenvalue weighted by molar-refractivity contribution is 9.10. The summed E-state index contributed by atoms with van der Waals surface area (Å²) < 4.78 is 6.04. The number of amides is 1. The molecule has 0 aliphatic carbocycles. The van der Waals surface area contributed by atoms with Crippen LogP contribution in [0.15, 0.2) is 59.3 Å². The van der Waals surface area contributed by atoms with Gasteiger partial charge in [0.15, 0.2) is 0 Å². The Balaban J connectivity index is 1.79. The van der Waals surface area contributed by atoms with Gasteiger partial charge in [-0.25, -0.2) is 0 Å². The predicted octanol–water partition coefficient (Wildman–Crippen LogP) is 4.28. The van der Waals surface area contributed by atoms with Gasteiger partial charge in [0.2, 0.25) is 0 Å². The molecule has 1 heterocycles. The van der Waals surface area contributed by atoms with Gasteiger partial charge in [-0.3, -0.25) is 9.78 Å². The van der Waals surface area contributed by atoms with Crippen LogP contribution in [0.5, 0.6) is 5.75 Å². The first-order valence-corrected chi connectivity index (χ1v) is 8.29. The maximum atomic E-state index is 12.5. The largest absolute Gasteiger partial charge is 0.497 e. The number of nitrogens with zero attached hydrogens (tertiary/aromatic N) is 2. The van der Waals surface area contributed by atoms with Crippen molar-refractivity contribution in [3.8, 4) is 5.75 Å². The summed E-state index contributed by atoms with van der Waals surface area (Å²) in [6.07, 6.45) is 3.24. The van der Waals surface area contributed by atoms with Crippen LogP contribution in [0.4, 0.5) is 0 Å². The van der Waals surface area contributed by atoms with E-state index in [2.05, 4.69) is 27.0 Å². The fraction of sp³-hybridized carbons (Fsp3) is 0.158. The molecule has 2 aromatic carbocycles. The van der Waals surface area contributed by atoms with Crippen LogP contribution in [0.1, 0.15) is 15.9 Å². The van der Waals surface area contributed by atoms with Gasteiger partial charge in [0.05, 0.1) is 12.7 Å². The van der Waals surface area contributed by atoms with Crippen molar-refractivity contribution in [2.75, 3.05) is 14.2 Å². The molecule has 0 unspecified atom stereocenters. The van der Waals surface area contributed by atoms with Crippen LogP contribution in [0.25, 0.3) is 10.8 Å². The summed E-state index contributed by atoms with van der Waals surface area (Å²) in [6.45, 7) is 0.535. The van der Waals surface area contributed by atoms with E-state index < -0.39 is 0 Å². The molecular formula is C19H17BrN2O2. The number of hydrogen-bond donors (Lipinski definition) is 0. The van der Waals surface area contributed by atoms with Gasteiger partial charge in [-0.15, -0.1) is 0 Å². The van der Waals surface area contributed by atoms with Crippen LogP contribution in [-0.2, 0) is 6.54 Å². The van der Waals surface area contributed by atoms with Crippen LogP contribution < -0.4 is 4.74 Å². The van der Waals surface area contributed by atoms with Crippen LogP contribution in [-0.4, -0.2) is 29.9 Å². The number of hydrogen-bond acceptors (Lipinski definition) is 3. The van der Waals surface area contributed by atoms with Gasteiger partial charge in [-0.1, -0.05) is 18.2 Å². The Hall–Kier alpha value is -2.40. The molecule has 0 spiro atoms. The Kier molecular flexibility index (Phi) is 4.81. The average Bonchev–Trinajstić information content (AvgIpc) is 2.60. The summed E-state index contributed by atoms with van der Waals surface area (Å²) in [6, 6.07) is 13.9. The zero-order chi connectivity index (χ0) is 17.1. The molecule has 0 saturated heterocycles. The number of pyridine rings is 1. The molecule has 0 N–H and O–H groups in total. The van der Waals surface area contributed by atoms with Crippen molar-refractivity contribution in [3.05, 3.63) is 70.5 Å². The molecule has 3 rings (SSSR count). The predicted molar refractivity (Wildman–Crippen MR) is 98.2 cm³/mol. The van der Waals surface area contributed by atoms with E-state index in [1.54, 1.807) is 37.5 Å². The lowest BCUT2D eigenvalue weighted by molar-refractivity contribution is 0.0784. The molecule has 122 valence electrons. The average molecular weight is 385 g/mol. The molecule has 1 aromatic heterocycles. The van der Waals surface area contributed by atoms with Crippen molar-refractivity contribution in [2.24, 2.45) is 0 Å². The monoisotopic (exact) mass is 384 g/mol. The normalized spacial score (nSPS) is 10.6. The molecule has 0 aliphatic heterocycles. The van der Waals surface area contributed by atoms with Gasteiger partial charge in [0, 0.05) is 30.5 Å². The number of ether oxygens (including phenoxy) is 1. The van der Waals surface area contributed by atoms with Gasteiger partial charge in [-0.05, 0) is 56.5 Å². The Labute approximate surface area is 149 Å². The molecule has 1 amide bonds. The highest BCUT2D eigenvalue weighted by Crippen LogP contribution is 2.22. The molecule has 0 fully saturated rings. The number of carbonyl (C=O) groups excluding carboxylic acids is 1. The Morgan fingerprint density at radius 2 is 1.88 bits per heavy atom. The molecule has 0 saturated carbocycles. The molecule has 4 nitrogen and oxygen atoms in total. The van der Waals surface area contributed by atoms with E-state index in [9.17, 15) is 4.79 Å². The van der Waals surface area contributed by atoms with Crippen molar-refractivity contribution in [1.82, 2.24) is 9.88 Å². The minimum Gasteiger partial charge on any atom is -0.497 e. The van der Waals surface area contributed by atoms with E-state index in [-0.39, 0.29) is 5.91 Å². The van der Waals surface area contributed by atoms with Gasteiger partial charge >= 0.3 is 0 Å². The zero-order valence-corrected chi connectivity index (χ0v) is 15.1. The van der Waals surface area contributed by atoms with E-state index in [1.165, 1.54) is 0 Å². The van der Waals surface area contributed by atoms with E-state index in [1.807, 2.05) is 30.3 Å². The first-order chi connectivity index (χ1) is 11.6. The maximum Gasteiger partial charge on any atom is 0.255 e. The Morgan fingerprint density at radius 1 is 1.12 bits per heavy atom. The molecule has 5 heteroatoms. The first kappa shape index (κ1) is 16.5. The molecule has 3 aromatic rings. The van der Waals surface area contributed by atoms with Crippen molar-refractivity contribution < 1.29 is 9.53 Å². The first-order valence-electron chi connectivity index (χ1n) is 7.49. The lowest BCUT2D eigenvalue weighted by atomic mass is 10.1. The van der Waals surface area contributed by atoms with Gasteiger partial charge in [0.1, 0.15) is 5.75 Å². The van der Waals surface area contributed by atoms with E-state index in [0.29, 0.717) is 12.1 Å². The van der Waals surface area contributed by atoms with E-state index in [0.717, 1.165) is 26.6 Å². The van der Waals surface area contributed by atoms with Crippen molar-refractivity contribution in [2.45, 2.75) is 6.54 Å². The smallest absolute Gasteiger partial charge is 0.255 e. The highest BCUT2D eigenvalue weighted by atomic mass is 79.9. The SMILES string of the molecule is COc1ccc2cc(CN(C)C(=O)c3cncc(Br)c3)ccc2c1. The standard InChI is InChI=1S/C19H17BrN2O2/c1-22(19(23)16-8-17(20)11-21-10-16)12-13-3-4-15-9-18(24-2)6-5-14(15)7-13/h3-11H,12H2,1-2H3. The highest BCUT2D eigenvalue weighted by Gasteiger charge is 2.13. The third-order valence-electron chi connectivity index (χ3n) is 3.83. The Bertz CT molecular complexity index is 895. The fourth-order valence-corrected chi connectivity index (χ4v) is 2.96. The van der Waals surface area contributed by atoms with E-state index >= 15 is 0 Å². The zero-order valence-electron chi connectivity index (χ0n) is 13.5. The van der Waals surface area contributed by atoms with Crippen molar-refractivity contribution >= 4 is 32.6 Å². The third-order valence-corrected chi connectivity index (χ3v) is 4.26. The summed E-state index contributed by atoms with van der Waals surface area (Å²) in [5, 5.41) is 2.24. The second-order valence-electron chi connectivity index (χ2n) is 5.60. The number of rotatable bonds is 4. The Morgan fingerprint density at radius 3 is 2.62 bits per heavy atom. The number of carbonyl (C=O) groups is 1. The third kappa shape index (κ3) is 3.57. The summed E-state index contributed by atoms with van der Waals surface area (Å²) in [7, 11) is 3.45. The van der Waals surface area contributed by atoms with Gasteiger partial charge in [-0.2, -0.15) is 0 Å². The number of halogens is 1. The second kappa shape index (κ2) is 7.01. The number of benzene rings is 2. The number of fused-ring (bicyclic) bond motifs is 1. The minimum atomic E-state index is -0.0568. The summed E-state index contributed by atoms with van der Waals surface area (Å²) in [4.78, 5) is 18.2. The van der Waals surface area contributed by atoms with Crippen LogP contribution in [0.2, 0.25) is 0 Å².